The Bertz CT molecular complexity index is 305. The molecule has 0 aromatic heterocycles. The average Bonchev–Trinajstić information content (AvgIpc) is 2.09. The summed E-state index contributed by atoms with van der Waals surface area (Å²) in [6.45, 7) is 5.92. The highest BCUT2D eigenvalue weighted by Crippen LogP contribution is 2.21. The summed E-state index contributed by atoms with van der Waals surface area (Å²) in [7, 11) is 1.90. The van der Waals surface area contributed by atoms with Gasteiger partial charge in [0.1, 0.15) is 5.82 Å². The third-order valence-electron chi connectivity index (χ3n) is 2.50. The van der Waals surface area contributed by atoms with Crippen LogP contribution in [0.2, 0.25) is 0 Å². The van der Waals surface area contributed by atoms with Gasteiger partial charge in [-0.15, -0.1) is 0 Å². The van der Waals surface area contributed by atoms with Crippen LogP contribution in [0, 0.1) is 12.7 Å². The highest BCUT2D eigenvalue weighted by Gasteiger charge is 2.17. The Morgan fingerprint density at radius 2 is 1.92 bits per heavy atom. The number of hydrogen-bond acceptors (Lipinski definition) is 1. The molecule has 1 N–H and O–H groups in total. The summed E-state index contributed by atoms with van der Waals surface area (Å²) in [5.74, 6) is -0.143. The lowest BCUT2D eigenvalue weighted by Gasteiger charge is -2.25. The van der Waals surface area contributed by atoms with Crippen LogP contribution in [0.4, 0.5) is 4.39 Å². The molecule has 0 heterocycles. The summed E-state index contributed by atoms with van der Waals surface area (Å²) in [6.07, 6.45) is 0. The molecular weight excluding hydrogens is 165 g/mol. The van der Waals surface area contributed by atoms with Gasteiger partial charge in [0.25, 0.3) is 0 Å². The van der Waals surface area contributed by atoms with Crippen molar-refractivity contribution >= 4 is 0 Å². The monoisotopic (exact) mass is 181 g/mol. The van der Waals surface area contributed by atoms with E-state index in [1.54, 1.807) is 6.92 Å². The lowest BCUT2D eigenvalue weighted by Crippen LogP contribution is -2.33. The van der Waals surface area contributed by atoms with Crippen LogP contribution in [0.25, 0.3) is 0 Å². The fourth-order valence-electron chi connectivity index (χ4n) is 1.18. The first kappa shape index (κ1) is 10.2. The summed E-state index contributed by atoms with van der Waals surface area (Å²) in [5, 5.41) is 3.18. The second-order valence-corrected chi connectivity index (χ2v) is 3.84. The average molecular weight is 181 g/mol. The minimum absolute atomic E-state index is 0.0988. The van der Waals surface area contributed by atoms with Crippen LogP contribution < -0.4 is 5.32 Å². The van der Waals surface area contributed by atoms with E-state index in [0.29, 0.717) is 5.56 Å². The summed E-state index contributed by atoms with van der Waals surface area (Å²) >= 11 is 0. The van der Waals surface area contributed by atoms with E-state index in [0.717, 1.165) is 5.56 Å². The smallest absolute Gasteiger partial charge is 0.126 e. The zero-order valence-corrected chi connectivity index (χ0v) is 8.61. The van der Waals surface area contributed by atoms with Gasteiger partial charge in [-0.3, -0.25) is 0 Å². The maximum atomic E-state index is 13.0. The van der Waals surface area contributed by atoms with Crippen LogP contribution in [-0.4, -0.2) is 7.05 Å². The quantitative estimate of drug-likeness (QED) is 0.739. The molecule has 0 aliphatic rings. The Labute approximate surface area is 79.0 Å². The molecule has 0 unspecified atom stereocenters. The van der Waals surface area contributed by atoms with Crippen molar-refractivity contribution in [1.29, 1.82) is 0 Å². The van der Waals surface area contributed by atoms with Crippen molar-refractivity contribution in [3.05, 3.63) is 35.1 Å². The molecule has 0 aliphatic heterocycles. The zero-order chi connectivity index (χ0) is 10.1. The lowest BCUT2D eigenvalue weighted by atomic mass is 9.93. The summed E-state index contributed by atoms with van der Waals surface area (Å²) in [6, 6.07) is 5.22. The number of halogens is 1. The van der Waals surface area contributed by atoms with Crippen LogP contribution in [0.1, 0.15) is 25.0 Å². The molecule has 0 amide bonds. The van der Waals surface area contributed by atoms with Crippen LogP contribution in [0.15, 0.2) is 18.2 Å². The predicted octanol–water partition coefficient (Wildman–Crippen LogP) is 2.59. The molecule has 1 rings (SSSR count). The second-order valence-electron chi connectivity index (χ2n) is 3.84. The highest BCUT2D eigenvalue weighted by molar-refractivity contribution is 5.28. The largest absolute Gasteiger partial charge is 0.311 e. The first-order valence-corrected chi connectivity index (χ1v) is 4.43. The van der Waals surface area contributed by atoms with Gasteiger partial charge in [0, 0.05) is 5.54 Å². The van der Waals surface area contributed by atoms with E-state index in [9.17, 15) is 4.39 Å². The number of rotatable bonds is 2. The Balaban J connectivity index is 3.10. The number of aryl methyl sites for hydroxylation is 1. The topological polar surface area (TPSA) is 12.0 Å². The summed E-state index contributed by atoms with van der Waals surface area (Å²) in [5.41, 5.74) is 1.70. The van der Waals surface area contributed by atoms with Gasteiger partial charge in [-0.1, -0.05) is 12.1 Å². The van der Waals surface area contributed by atoms with Crippen LogP contribution in [0.3, 0.4) is 0 Å². The molecule has 1 nitrogen and oxygen atoms in total. The summed E-state index contributed by atoms with van der Waals surface area (Å²) in [4.78, 5) is 0. The minimum atomic E-state index is -0.143. The lowest BCUT2D eigenvalue weighted by molar-refractivity contribution is 0.443. The molecule has 72 valence electrons. The van der Waals surface area contributed by atoms with Gasteiger partial charge in [-0.2, -0.15) is 0 Å². The molecule has 0 saturated heterocycles. The molecule has 0 bridgehead atoms. The van der Waals surface area contributed by atoms with Crippen molar-refractivity contribution in [2.45, 2.75) is 26.3 Å². The van der Waals surface area contributed by atoms with Gasteiger partial charge in [0.05, 0.1) is 0 Å². The Morgan fingerprint density at radius 3 is 2.38 bits per heavy atom. The zero-order valence-electron chi connectivity index (χ0n) is 8.61. The van der Waals surface area contributed by atoms with E-state index in [-0.39, 0.29) is 11.4 Å². The third kappa shape index (κ3) is 2.07. The van der Waals surface area contributed by atoms with Crippen molar-refractivity contribution in [3.8, 4) is 0 Å². The van der Waals surface area contributed by atoms with Crippen LogP contribution in [0.5, 0.6) is 0 Å². The van der Waals surface area contributed by atoms with Crippen molar-refractivity contribution in [2.24, 2.45) is 0 Å². The molecule has 0 fully saturated rings. The molecule has 1 aromatic rings. The molecule has 13 heavy (non-hydrogen) atoms. The molecule has 0 spiro atoms. The van der Waals surface area contributed by atoms with Crippen molar-refractivity contribution in [2.75, 3.05) is 7.05 Å². The first-order chi connectivity index (χ1) is 5.97. The van der Waals surface area contributed by atoms with Crippen molar-refractivity contribution in [1.82, 2.24) is 5.32 Å². The Morgan fingerprint density at radius 1 is 1.31 bits per heavy atom. The maximum absolute atomic E-state index is 13.0. The number of nitrogens with one attached hydrogen (secondary N) is 1. The Kier molecular flexibility index (Phi) is 2.71. The SMILES string of the molecule is CNC(C)(C)c1ccc(F)c(C)c1. The van der Waals surface area contributed by atoms with Gasteiger partial charge >= 0.3 is 0 Å². The van der Waals surface area contributed by atoms with Gasteiger partial charge in [-0.25, -0.2) is 4.39 Å². The molecule has 0 atom stereocenters. The van der Waals surface area contributed by atoms with E-state index in [1.807, 2.05) is 19.2 Å². The molecular formula is C11H16FN. The van der Waals surface area contributed by atoms with Crippen molar-refractivity contribution < 1.29 is 4.39 Å². The predicted molar refractivity (Wildman–Crippen MR) is 53.2 cm³/mol. The van der Waals surface area contributed by atoms with Gasteiger partial charge < -0.3 is 5.32 Å². The fourth-order valence-corrected chi connectivity index (χ4v) is 1.18. The van der Waals surface area contributed by atoms with E-state index >= 15 is 0 Å². The third-order valence-corrected chi connectivity index (χ3v) is 2.50. The van der Waals surface area contributed by atoms with Gasteiger partial charge in [0.2, 0.25) is 0 Å². The van der Waals surface area contributed by atoms with E-state index in [4.69, 9.17) is 0 Å². The maximum Gasteiger partial charge on any atom is 0.126 e. The van der Waals surface area contributed by atoms with Gasteiger partial charge in [-0.05, 0) is 45.0 Å². The van der Waals surface area contributed by atoms with Crippen LogP contribution in [-0.2, 0) is 5.54 Å². The number of benzene rings is 1. The first-order valence-electron chi connectivity index (χ1n) is 4.43. The van der Waals surface area contributed by atoms with E-state index in [2.05, 4.69) is 19.2 Å². The number of hydrogen-bond donors (Lipinski definition) is 1. The molecule has 0 saturated carbocycles. The normalized spacial score (nSPS) is 11.8. The molecule has 0 radical (unpaired) electrons. The highest BCUT2D eigenvalue weighted by atomic mass is 19.1. The standard InChI is InChI=1S/C11H16FN/c1-8-7-9(5-6-10(8)12)11(2,3)13-4/h5-7,13H,1-4H3. The molecule has 0 aliphatic carbocycles. The fraction of sp³-hybridized carbons (Fsp3) is 0.455. The van der Waals surface area contributed by atoms with E-state index < -0.39 is 0 Å². The van der Waals surface area contributed by atoms with E-state index in [1.165, 1.54) is 6.07 Å². The molecule has 1 aromatic carbocycles. The molecule has 2 heteroatoms. The minimum Gasteiger partial charge on any atom is -0.311 e. The van der Waals surface area contributed by atoms with Gasteiger partial charge in [0.15, 0.2) is 0 Å². The van der Waals surface area contributed by atoms with Crippen LogP contribution >= 0.6 is 0 Å². The second kappa shape index (κ2) is 3.46. The van der Waals surface area contributed by atoms with Crippen molar-refractivity contribution in [3.63, 3.8) is 0 Å². The summed E-state index contributed by atoms with van der Waals surface area (Å²) < 4.78 is 13.0. The Hall–Kier alpha value is -0.890.